The van der Waals surface area contributed by atoms with Crippen molar-refractivity contribution in [1.29, 1.82) is 0 Å². The summed E-state index contributed by atoms with van der Waals surface area (Å²) in [6.45, 7) is 4.68. The van der Waals surface area contributed by atoms with Crippen LogP contribution < -0.4 is 5.32 Å². The van der Waals surface area contributed by atoms with Crippen molar-refractivity contribution in [3.8, 4) is 0 Å². The van der Waals surface area contributed by atoms with E-state index in [9.17, 15) is 14.7 Å². The van der Waals surface area contributed by atoms with Crippen LogP contribution in [0.2, 0.25) is 0 Å². The molecule has 0 saturated carbocycles. The molecule has 1 saturated heterocycles. The summed E-state index contributed by atoms with van der Waals surface area (Å²) in [6.07, 6.45) is 0.310. The molecule has 2 amide bonds. The number of nitrogens with zero attached hydrogens (tertiary/aromatic N) is 2. The highest BCUT2D eigenvalue weighted by atomic mass is 79.9. The summed E-state index contributed by atoms with van der Waals surface area (Å²) in [5.74, 6) is -0.0992. The van der Waals surface area contributed by atoms with Gasteiger partial charge in [0.1, 0.15) is 0 Å². The molecule has 1 aliphatic heterocycles. The van der Waals surface area contributed by atoms with E-state index in [1.807, 2.05) is 72.5 Å². The monoisotopic (exact) mass is 613 g/mol. The van der Waals surface area contributed by atoms with Crippen LogP contribution in [-0.2, 0) is 16.8 Å². The Morgan fingerprint density at radius 2 is 1.42 bits per heavy atom. The Bertz CT molecular complexity index is 1190. The zero-order valence-corrected chi connectivity index (χ0v) is 23.3. The quantitative estimate of drug-likeness (QED) is 0.390. The van der Waals surface area contributed by atoms with Crippen molar-refractivity contribution in [2.24, 2.45) is 0 Å². The van der Waals surface area contributed by atoms with Gasteiger partial charge in [-0.1, -0.05) is 56.1 Å². The Morgan fingerprint density at radius 1 is 0.861 bits per heavy atom. The van der Waals surface area contributed by atoms with Crippen molar-refractivity contribution in [3.05, 3.63) is 98.4 Å². The van der Waals surface area contributed by atoms with Gasteiger partial charge in [0.25, 0.3) is 5.91 Å². The number of aliphatic hydroxyl groups excluding tert-OH is 1. The molecule has 188 valence electrons. The van der Waals surface area contributed by atoms with E-state index in [2.05, 4.69) is 42.1 Å². The van der Waals surface area contributed by atoms with E-state index < -0.39 is 5.54 Å². The molecule has 0 radical (unpaired) electrons. The number of hydrogen-bond acceptors (Lipinski definition) is 4. The van der Waals surface area contributed by atoms with E-state index in [-0.39, 0.29) is 18.4 Å². The summed E-state index contributed by atoms with van der Waals surface area (Å²) in [6, 6.07) is 22.6. The molecular weight excluding hydrogens is 586 g/mol. The van der Waals surface area contributed by atoms with Crippen molar-refractivity contribution < 1.29 is 14.7 Å². The third kappa shape index (κ3) is 6.24. The summed E-state index contributed by atoms with van der Waals surface area (Å²) in [5.41, 5.74) is 2.73. The highest BCUT2D eigenvalue weighted by molar-refractivity contribution is 9.10. The Morgan fingerprint density at radius 3 is 1.97 bits per heavy atom. The Balaban J connectivity index is 1.30. The van der Waals surface area contributed by atoms with Gasteiger partial charge in [-0.25, -0.2) is 0 Å². The number of piperazine rings is 1. The largest absolute Gasteiger partial charge is 0.394 e. The number of nitrogens with one attached hydrogen (secondary N) is 1. The molecule has 1 aliphatic rings. The molecular formula is C28H29Br2N3O3. The molecule has 0 aliphatic carbocycles. The maximum atomic E-state index is 13.0. The lowest BCUT2D eigenvalue weighted by Gasteiger charge is -2.45. The van der Waals surface area contributed by atoms with Crippen molar-refractivity contribution >= 4 is 49.4 Å². The number of rotatable bonds is 7. The number of amides is 2. The first kappa shape index (κ1) is 26.5. The summed E-state index contributed by atoms with van der Waals surface area (Å²) < 4.78 is 1.92. The van der Waals surface area contributed by atoms with Gasteiger partial charge in [-0.15, -0.1) is 0 Å². The fourth-order valence-corrected chi connectivity index (χ4v) is 4.96. The predicted molar refractivity (Wildman–Crippen MR) is 149 cm³/mol. The molecule has 36 heavy (non-hydrogen) atoms. The maximum absolute atomic E-state index is 13.0. The molecule has 1 unspecified atom stereocenters. The van der Waals surface area contributed by atoms with Crippen LogP contribution in [-0.4, -0.2) is 59.5 Å². The molecule has 0 spiro atoms. The number of halogens is 2. The minimum absolute atomic E-state index is 0.00723. The van der Waals surface area contributed by atoms with Crippen LogP contribution in [0.3, 0.4) is 0 Å². The minimum atomic E-state index is -0.494. The van der Waals surface area contributed by atoms with Crippen LogP contribution in [0.15, 0.2) is 81.7 Å². The Labute approximate surface area is 228 Å². The van der Waals surface area contributed by atoms with Crippen molar-refractivity contribution in [3.63, 3.8) is 0 Å². The second-order valence-corrected chi connectivity index (χ2v) is 11.0. The number of anilines is 1. The molecule has 1 atom stereocenters. The van der Waals surface area contributed by atoms with Crippen LogP contribution in [0.5, 0.6) is 0 Å². The number of benzene rings is 3. The van der Waals surface area contributed by atoms with E-state index in [4.69, 9.17) is 0 Å². The second-order valence-electron chi connectivity index (χ2n) is 9.14. The van der Waals surface area contributed by atoms with E-state index in [1.54, 1.807) is 12.1 Å². The van der Waals surface area contributed by atoms with Crippen LogP contribution in [0.4, 0.5) is 5.69 Å². The third-order valence-corrected chi connectivity index (χ3v) is 7.84. The molecule has 1 heterocycles. The summed E-state index contributed by atoms with van der Waals surface area (Å²) in [4.78, 5) is 29.5. The molecule has 2 N–H and O–H groups in total. The molecule has 3 aromatic carbocycles. The van der Waals surface area contributed by atoms with Gasteiger partial charge in [0, 0.05) is 46.4 Å². The zero-order valence-electron chi connectivity index (χ0n) is 20.1. The van der Waals surface area contributed by atoms with Crippen molar-refractivity contribution in [2.45, 2.75) is 18.9 Å². The minimum Gasteiger partial charge on any atom is -0.394 e. The number of carbonyl (C=O) groups excluding carboxylic acids is 2. The molecule has 0 aromatic heterocycles. The fraction of sp³-hybridized carbons (Fsp3) is 0.286. The smallest absolute Gasteiger partial charge is 0.255 e. The summed E-state index contributed by atoms with van der Waals surface area (Å²) in [5, 5.41) is 13.1. The van der Waals surface area contributed by atoms with Gasteiger partial charge in [-0.3, -0.25) is 14.5 Å². The molecule has 3 aromatic rings. The molecule has 0 bridgehead atoms. The van der Waals surface area contributed by atoms with Crippen LogP contribution in [0.1, 0.15) is 28.4 Å². The lowest BCUT2D eigenvalue weighted by molar-refractivity contribution is -0.133. The average Bonchev–Trinajstić information content (AvgIpc) is 2.90. The third-order valence-electron chi connectivity index (χ3n) is 6.78. The van der Waals surface area contributed by atoms with Gasteiger partial charge in [-0.05, 0) is 66.6 Å². The van der Waals surface area contributed by atoms with Gasteiger partial charge >= 0.3 is 0 Å². The normalized spacial score (nSPS) is 15.8. The summed E-state index contributed by atoms with van der Waals surface area (Å²) in [7, 11) is 0. The Hall–Kier alpha value is -2.52. The van der Waals surface area contributed by atoms with Gasteiger partial charge in [0.05, 0.1) is 18.6 Å². The molecule has 4 rings (SSSR count). The van der Waals surface area contributed by atoms with Crippen molar-refractivity contribution in [1.82, 2.24) is 9.80 Å². The predicted octanol–water partition coefficient (Wildman–Crippen LogP) is 5.06. The van der Waals surface area contributed by atoms with Crippen molar-refractivity contribution in [2.75, 3.05) is 38.1 Å². The Kier molecular flexibility index (Phi) is 8.62. The van der Waals surface area contributed by atoms with Gasteiger partial charge in [-0.2, -0.15) is 0 Å². The number of aliphatic hydroxyl groups is 1. The second kappa shape index (κ2) is 11.7. The van der Waals surface area contributed by atoms with E-state index in [0.717, 1.165) is 20.1 Å². The lowest BCUT2D eigenvalue weighted by Crippen LogP contribution is -2.57. The van der Waals surface area contributed by atoms with Crippen LogP contribution in [0.25, 0.3) is 0 Å². The first-order chi connectivity index (χ1) is 17.3. The highest BCUT2D eigenvalue weighted by Gasteiger charge is 2.36. The van der Waals surface area contributed by atoms with Gasteiger partial charge in [0.2, 0.25) is 5.91 Å². The van der Waals surface area contributed by atoms with Gasteiger partial charge < -0.3 is 15.3 Å². The van der Waals surface area contributed by atoms with E-state index in [1.165, 1.54) is 0 Å². The number of carbonyl (C=O) groups is 2. The topological polar surface area (TPSA) is 72.9 Å². The summed E-state index contributed by atoms with van der Waals surface area (Å²) >= 11 is 6.83. The van der Waals surface area contributed by atoms with E-state index >= 15 is 0 Å². The standard InChI is InChI=1S/C28H29Br2N3O3/c1-28(19-34,22-6-10-24(30)11-7-22)33-16-14-32(15-17-33)26(35)18-20-2-12-25(13-3-20)31-27(36)21-4-8-23(29)9-5-21/h2-13,34H,14-19H2,1H3,(H,31,36). The SMILES string of the molecule is CC(CO)(c1ccc(Br)cc1)N1CCN(C(=O)Cc2ccc(NC(=O)c3ccc(Br)cc3)cc2)CC1. The van der Waals surface area contributed by atoms with Gasteiger partial charge in [0.15, 0.2) is 0 Å². The molecule has 1 fully saturated rings. The number of hydrogen-bond donors (Lipinski definition) is 2. The van der Waals surface area contributed by atoms with Crippen LogP contribution in [0, 0.1) is 0 Å². The zero-order chi connectivity index (χ0) is 25.7. The molecule has 6 nitrogen and oxygen atoms in total. The average molecular weight is 615 g/mol. The fourth-order valence-electron chi connectivity index (χ4n) is 4.43. The van der Waals surface area contributed by atoms with E-state index in [0.29, 0.717) is 43.9 Å². The first-order valence-electron chi connectivity index (χ1n) is 11.8. The first-order valence-corrected chi connectivity index (χ1v) is 13.4. The highest BCUT2D eigenvalue weighted by Crippen LogP contribution is 2.30. The maximum Gasteiger partial charge on any atom is 0.255 e. The molecule has 8 heteroatoms. The van der Waals surface area contributed by atoms with Crippen LogP contribution >= 0.6 is 31.9 Å². The lowest BCUT2D eigenvalue weighted by atomic mass is 9.90.